The molecule has 0 radical (unpaired) electrons. The van der Waals surface area contributed by atoms with Crippen molar-refractivity contribution in [3.05, 3.63) is 64.7 Å². The second-order valence-corrected chi connectivity index (χ2v) is 6.16. The van der Waals surface area contributed by atoms with Crippen LogP contribution in [-0.4, -0.2) is 23.6 Å². The van der Waals surface area contributed by atoms with Crippen LogP contribution in [0, 0.1) is 0 Å². The molecular weight excluding hydrogens is 318 g/mol. The number of hydrogen-bond acceptors (Lipinski definition) is 3. The quantitative estimate of drug-likeness (QED) is 0.848. The van der Waals surface area contributed by atoms with Crippen LogP contribution in [0.3, 0.4) is 0 Å². The molecule has 2 N–H and O–H groups in total. The third-order valence-electron chi connectivity index (χ3n) is 4.32. The van der Waals surface area contributed by atoms with Crippen LogP contribution >= 0.6 is 0 Å². The van der Waals surface area contributed by atoms with Gasteiger partial charge in [-0.2, -0.15) is 0 Å². The summed E-state index contributed by atoms with van der Waals surface area (Å²) in [5.41, 5.74) is 3.14. The van der Waals surface area contributed by atoms with Crippen molar-refractivity contribution in [1.82, 2.24) is 5.32 Å². The van der Waals surface area contributed by atoms with Gasteiger partial charge in [-0.15, -0.1) is 0 Å². The van der Waals surface area contributed by atoms with Crippen molar-refractivity contribution in [2.24, 2.45) is 0 Å². The summed E-state index contributed by atoms with van der Waals surface area (Å²) in [6, 6.07) is 11.4. The van der Waals surface area contributed by atoms with E-state index in [9.17, 15) is 14.7 Å². The highest BCUT2D eigenvalue weighted by Gasteiger charge is 2.24. The number of ether oxygens (including phenoxy) is 1. The predicted octanol–water partition coefficient (Wildman–Crippen LogP) is 3.13. The SMILES string of the molecule is CCCc1ccc(C(=O)NC(C(=O)O)c2ccc3c(c2)CCO3)cc1. The van der Waals surface area contributed by atoms with Gasteiger partial charge in [0, 0.05) is 12.0 Å². The number of carboxylic acids is 1. The largest absolute Gasteiger partial charge is 0.493 e. The van der Waals surface area contributed by atoms with Crippen LogP contribution in [0.4, 0.5) is 0 Å². The lowest BCUT2D eigenvalue weighted by molar-refractivity contribution is -0.139. The second kappa shape index (κ2) is 7.38. The number of fused-ring (bicyclic) bond motifs is 1. The normalized spacial score (nSPS) is 13.6. The summed E-state index contributed by atoms with van der Waals surface area (Å²) >= 11 is 0. The Labute approximate surface area is 146 Å². The van der Waals surface area contributed by atoms with Gasteiger partial charge >= 0.3 is 5.97 Å². The number of carbonyl (C=O) groups excluding carboxylic acids is 1. The van der Waals surface area contributed by atoms with E-state index in [-0.39, 0.29) is 0 Å². The van der Waals surface area contributed by atoms with Crippen LogP contribution < -0.4 is 10.1 Å². The smallest absolute Gasteiger partial charge is 0.330 e. The van der Waals surface area contributed by atoms with Crippen molar-refractivity contribution < 1.29 is 19.4 Å². The lowest BCUT2D eigenvalue weighted by atomic mass is 10.0. The molecule has 0 aromatic heterocycles. The molecule has 0 fully saturated rings. The standard InChI is InChI=1S/C20H21NO4/c1-2-3-13-4-6-14(7-5-13)19(22)21-18(20(23)24)16-8-9-17-15(12-16)10-11-25-17/h4-9,12,18H,2-3,10-11H2,1H3,(H,21,22)(H,23,24). The molecule has 2 aromatic carbocycles. The molecule has 130 valence electrons. The Morgan fingerprint density at radius 1 is 1.20 bits per heavy atom. The number of aliphatic carboxylic acids is 1. The summed E-state index contributed by atoms with van der Waals surface area (Å²) in [7, 11) is 0. The summed E-state index contributed by atoms with van der Waals surface area (Å²) in [6.45, 7) is 2.70. The van der Waals surface area contributed by atoms with E-state index in [4.69, 9.17) is 4.74 Å². The molecule has 0 aliphatic carbocycles. The molecule has 0 bridgehead atoms. The zero-order valence-corrected chi connectivity index (χ0v) is 14.1. The fraction of sp³-hybridized carbons (Fsp3) is 0.300. The molecule has 0 saturated heterocycles. The Balaban J connectivity index is 1.77. The average molecular weight is 339 g/mol. The van der Waals surface area contributed by atoms with Gasteiger partial charge in [0.25, 0.3) is 5.91 Å². The van der Waals surface area contributed by atoms with Gasteiger partial charge < -0.3 is 15.2 Å². The molecule has 1 atom stereocenters. The lowest BCUT2D eigenvalue weighted by Crippen LogP contribution is -2.33. The molecule has 1 heterocycles. The van der Waals surface area contributed by atoms with E-state index >= 15 is 0 Å². The topological polar surface area (TPSA) is 75.6 Å². The van der Waals surface area contributed by atoms with Crippen LogP contribution in [0.25, 0.3) is 0 Å². The van der Waals surface area contributed by atoms with Gasteiger partial charge in [-0.25, -0.2) is 4.79 Å². The summed E-state index contributed by atoms with van der Waals surface area (Å²) in [5, 5.41) is 12.2. The molecule has 1 aliphatic heterocycles. The fourth-order valence-corrected chi connectivity index (χ4v) is 3.00. The number of aryl methyl sites for hydroxylation is 1. The van der Waals surface area contributed by atoms with Gasteiger partial charge in [-0.1, -0.05) is 31.5 Å². The molecular formula is C20H21NO4. The van der Waals surface area contributed by atoms with Gasteiger partial charge in [-0.05, 0) is 47.4 Å². The van der Waals surface area contributed by atoms with E-state index in [0.717, 1.165) is 36.1 Å². The monoisotopic (exact) mass is 339 g/mol. The van der Waals surface area contributed by atoms with E-state index in [2.05, 4.69) is 12.2 Å². The van der Waals surface area contributed by atoms with Crippen LogP contribution in [0.5, 0.6) is 5.75 Å². The Kier molecular flexibility index (Phi) is 5.03. The Morgan fingerprint density at radius 3 is 2.64 bits per heavy atom. The number of carbonyl (C=O) groups is 2. The molecule has 1 amide bonds. The molecule has 1 aliphatic rings. The maximum atomic E-state index is 12.4. The minimum absolute atomic E-state index is 0.396. The minimum Gasteiger partial charge on any atom is -0.493 e. The first-order valence-corrected chi connectivity index (χ1v) is 8.46. The third-order valence-corrected chi connectivity index (χ3v) is 4.32. The number of nitrogens with one attached hydrogen (secondary N) is 1. The second-order valence-electron chi connectivity index (χ2n) is 6.16. The summed E-state index contributed by atoms with van der Waals surface area (Å²) in [6.07, 6.45) is 2.74. The zero-order valence-electron chi connectivity index (χ0n) is 14.1. The number of hydrogen-bond donors (Lipinski definition) is 2. The predicted molar refractivity (Wildman–Crippen MR) is 93.9 cm³/mol. The summed E-state index contributed by atoms with van der Waals surface area (Å²) in [5.74, 6) is -0.701. The van der Waals surface area contributed by atoms with Crippen molar-refractivity contribution in [3.63, 3.8) is 0 Å². The molecule has 3 rings (SSSR count). The van der Waals surface area contributed by atoms with Crippen molar-refractivity contribution in [2.45, 2.75) is 32.2 Å². The number of benzene rings is 2. The van der Waals surface area contributed by atoms with Crippen LogP contribution in [0.15, 0.2) is 42.5 Å². The van der Waals surface area contributed by atoms with Crippen molar-refractivity contribution >= 4 is 11.9 Å². The van der Waals surface area contributed by atoms with Crippen molar-refractivity contribution in [3.8, 4) is 5.75 Å². The van der Waals surface area contributed by atoms with Gasteiger partial charge in [0.1, 0.15) is 5.75 Å². The van der Waals surface area contributed by atoms with Crippen LogP contribution in [0.1, 0.15) is 46.4 Å². The maximum Gasteiger partial charge on any atom is 0.330 e. The molecule has 1 unspecified atom stereocenters. The Hall–Kier alpha value is -2.82. The Morgan fingerprint density at radius 2 is 1.96 bits per heavy atom. The van der Waals surface area contributed by atoms with Crippen LogP contribution in [-0.2, 0) is 17.6 Å². The average Bonchev–Trinajstić information content (AvgIpc) is 3.07. The lowest BCUT2D eigenvalue weighted by Gasteiger charge is -2.16. The van der Waals surface area contributed by atoms with E-state index in [0.29, 0.717) is 17.7 Å². The highest BCUT2D eigenvalue weighted by molar-refractivity contribution is 5.96. The van der Waals surface area contributed by atoms with Gasteiger partial charge in [-0.3, -0.25) is 4.79 Å². The molecule has 5 heteroatoms. The van der Waals surface area contributed by atoms with Gasteiger partial charge in [0.15, 0.2) is 6.04 Å². The van der Waals surface area contributed by atoms with Crippen LogP contribution in [0.2, 0.25) is 0 Å². The summed E-state index contributed by atoms with van der Waals surface area (Å²) < 4.78 is 5.44. The maximum absolute atomic E-state index is 12.4. The zero-order chi connectivity index (χ0) is 17.8. The highest BCUT2D eigenvalue weighted by Crippen LogP contribution is 2.28. The van der Waals surface area contributed by atoms with Gasteiger partial charge in [0.05, 0.1) is 6.61 Å². The third kappa shape index (κ3) is 3.82. The van der Waals surface area contributed by atoms with Gasteiger partial charge in [0.2, 0.25) is 0 Å². The van der Waals surface area contributed by atoms with E-state index < -0.39 is 17.9 Å². The molecule has 25 heavy (non-hydrogen) atoms. The van der Waals surface area contributed by atoms with E-state index in [1.807, 2.05) is 12.1 Å². The minimum atomic E-state index is -1.09. The number of rotatable bonds is 6. The first kappa shape index (κ1) is 17.0. The summed E-state index contributed by atoms with van der Waals surface area (Å²) in [4.78, 5) is 24.1. The van der Waals surface area contributed by atoms with E-state index in [1.54, 1.807) is 30.3 Å². The highest BCUT2D eigenvalue weighted by atomic mass is 16.5. The fourth-order valence-electron chi connectivity index (χ4n) is 3.00. The first-order valence-electron chi connectivity index (χ1n) is 8.46. The molecule has 0 spiro atoms. The molecule has 5 nitrogen and oxygen atoms in total. The van der Waals surface area contributed by atoms with Crippen molar-refractivity contribution in [1.29, 1.82) is 0 Å². The Bertz CT molecular complexity index is 783. The van der Waals surface area contributed by atoms with Crippen molar-refractivity contribution in [2.75, 3.05) is 6.61 Å². The molecule has 2 aromatic rings. The first-order chi connectivity index (χ1) is 12.1. The number of carboxylic acid groups (broad SMARTS) is 1. The molecule has 0 saturated carbocycles. The van der Waals surface area contributed by atoms with E-state index in [1.165, 1.54) is 0 Å². The number of amides is 1.